The highest BCUT2D eigenvalue weighted by molar-refractivity contribution is 5.53. The summed E-state index contributed by atoms with van der Waals surface area (Å²) in [4.78, 5) is 2.30. The molecule has 0 fully saturated rings. The lowest BCUT2D eigenvalue weighted by Gasteiger charge is -2.23. The van der Waals surface area contributed by atoms with Crippen LogP contribution >= 0.6 is 0 Å². The molecule has 0 amide bonds. The van der Waals surface area contributed by atoms with Crippen molar-refractivity contribution in [1.29, 1.82) is 0 Å². The second-order valence-corrected chi connectivity index (χ2v) is 8.81. The van der Waals surface area contributed by atoms with Gasteiger partial charge in [0.15, 0.2) is 0 Å². The zero-order chi connectivity index (χ0) is 25.2. The molecule has 4 aromatic rings. The smallest absolute Gasteiger partial charge is 0.0858 e. The lowest BCUT2D eigenvalue weighted by atomic mass is 9.93. The maximum absolute atomic E-state index is 5.99. The van der Waals surface area contributed by atoms with Crippen LogP contribution in [0.15, 0.2) is 113 Å². The fourth-order valence-corrected chi connectivity index (χ4v) is 4.06. The van der Waals surface area contributed by atoms with Gasteiger partial charge in [-0.15, -0.1) is 0 Å². The van der Waals surface area contributed by atoms with Crippen LogP contribution in [-0.2, 0) is 11.3 Å². The van der Waals surface area contributed by atoms with E-state index in [9.17, 15) is 0 Å². The van der Waals surface area contributed by atoms with Crippen molar-refractivity contribution in [3.8, 4) is 0 Å². The summed E-state index contributed by atoms with van der Waals surface area (Å²) in [6, 6.07) is 34.8. The van der Waals surface area contributed by atoms with E-state index in [0.717, 1.165) is 30.2 Å². The van der Waals surface area contributed by atoms with Gasteiger partial charge >= 0.3 is 0 Å². The van der Waals surface area contributed by atoms with Crippen LogP contribution in [0.4, 0.5) is 22.7 Å². The summed E-state index contributed by atoms with van der Waals surface area (Å²) in [6.45, 7) is 7.40. The van der Waals surface area contributed by atoms with E-state index in [1.165, 1.54) is 16.7 Å². The predicted molar refractivity (Wildman–Crippen MR) is 149 cm³/mol. The molecule has 0 radical (unpaired) electrons. The van der Waals surface area contributed by atoms with E-state index < -0.39 is 0 Å². The third-order valence-corrected chi connectivity index (χ3v) is 6.32. The minimum Gasteiger partial charge on any atom is -0.399 e. The molecule has 36 heavy (non-hydrogen) atoms. The minimum atomic E-state index is 0.379. The molecule has 5 nitrogen and oxygen atoms in total. The van der Waals surface area contributed by atoms with E-state index in [2.05, 4.69) is 95.7 Å². The molecule has 1 atom stereocenters. The summed E-state index contributed by atoms with van der Waals surface area (Å²) in [7, 11) is 0. The summed E-state index contributed by atoms with van der Waals surface area (Å²) in [5.41, 5.74) is 13.0. The lowest BCUT2D eigenvalue weighted by Crippen LogP contribution is -2.26. The van der Waals surface area contributed by atoms with Crippen LogP contribution in [0.25, 0.3) is 0 Å². The Labute approximate surface area is 214 Å². The zero-order valence-corrected chi connectivity index (χ0v) is 21.0. The van der Waals surface area contributed by atoms with Crippen molar-refractivity contribution in [3.05, 3.63) is 120 Å². The van der Waals surface area contributed by atoms with Crippen molar-refractivity contribution in [1.82, 2.24) is 0 Å². The van der Waals surface area contributed by atoms with Gasteiger partial charge < -0.3 is 15.4 Å². The Balaban J connectivity index is 1.24. The van der Waals surface area contributed by atoms with Gasteiger partial charge in [-0.25, -0.2) is 0 Å². The average Bonchev–Trinajstić information content (AvgIpc) is 2.94. The van der Waals surface area contributed by atoms with Crippen molar-refractivity contribution in [2.75, 3.05) is 30.3 Å². The fraction of sp³-hybridized carbons (Fsp3) is 0.226. The molecule has 0 bridgehead atoms. The van der Waals surface area contributed by atoms with Gasteiger partial charge in [-0.05, 0) is 72.1 Å². The SMILES string of the molecule is CCN(CCOCc1ccc(C(C)c2ccccc2)cc1)c1ccc(N=Nc2ccc(N)cc2)cc1. The van der Waals surface area contributed by atoms with Crippen LogP contribution in [0.3, 0.4) is 0 Å². The van der Waals surface area contributed by atoms with Gasteiger partial charge in [0, 0.05) is 30.4 Å². The Bertz CT molecular complexity index is 1220. The maximum atomic E-state index is 5.99. The van der Waals surface area contributed by atoms with E-state index >= 15 is 0 Å². The molecule has 4 rings (SSSR count). The molecular formula is C31H34N4O. The Kier molecular flexibility index (Phi) is 8.84. The van der Waals surface area contributed by atoms with Crippen LogP contribution < -0.4 is 10.6 Å². The molecule has 5 heteroatoms. The van der Waals surface area contributed by atoms with Gasteiger partial charge in [-0.3, -0.25) is 0 Å². The Morgan fingerprint density at radius 3 is 1.94 bits per heavy atom. The first kappa shape index (κ1) is 25.1. The molecule has 2 N–H and O–H groups in total. The van der Waals surface area contributed by atoms with Crippen LogP contribution in [0.5, 0.6) is 0 Å². The molecular weight excluding hydrogens is 444 g/mol. The number of anilines is 2. The molecule has 0 aliphatic carbocycles. The number of hydrogen-bond donors (Lipinski definition) is 1. The first-order chi connectivity index (χ1) is 17.6. The molecule has 0 saturated carbocycles. The molecule has 0 aliphatic heterocycles. The summed E-state index contributed by atoms with van der Waals surface area (Å²) in [5, 5.41) is 8.58. The van der Waals surface area contributed by atoms with Crippen molar-refractivity contribution < 1.29 is 4.74 Å². The number of hydrogen-bond acceptors (Lipinski definition) is 5. The van der Waals surface area contributed by atoms with E-state index in [0.29, 0.717) is 24.8 Å². The largest absolute Gasteiger partial charge is 0.399 e. The quantitative estimate of drug-likeness (QED) is 0.135. The van der Waals surface area contributed by atoms with Gasteiger partial charge in [-0.2, -0.15) is 10.2 Å². The van der Waals surface area contributed by atoms with Crippen LogP contribution in [-0.4, -0.2) is 19.7 Å². The number of ether oxygens (including phenoxy) is 1. The normalized spacial score (nSPS) is 12.1. The number of azo groups is 1. The summed E-state index contributed by atoms with van der Waals surface area (Å²) in [6.07, 6.45) is 0. The van der Waals surface area contributed by atoms with E-state index in [4.69, 9.17) is 10.5 Å². The maximum Gasteiger partial charge on any atom is 0.0858 e. The van der Waals surface area contributed by atoms with E-state index in [1.54, 1.807) is 0 Å². The number of nitrogen functional groups attached to an aromatic ring is 1. The molecule has 0 aliphatic rings. The standard InChI is InChI=1S/C31H34N4O/c1-3-35(31-19-17-30(18-20-31)34-33-29-15-13-28(32)14-16-29)21-22-36-23-25-9-11-27(12-10-25)24(2)26-7-5-4-6-8-26/h4-20,24H,3,21-23,32H2,1-2H3. The van der Waals surface area contributed by atoms with Gasteiger partial charge in [0.1, 0.15) is 0 Å². The summed E-state index contributed by atoms with van der Waals surface area (Å²) < 4.78 is 5.99. The summed E-state index contributed by atoms with van der Waals surface area (Å²) >= 11 is 0. The molecule has 0 heterocycles. The van der Waals surface area contributed by atoms with Gasteiger partial charge in [-0.1, -0.05) is 61.5 Å². The Morgan fingerprint density at radius 1 is 0.750 bits per heavy atom. The molecule has 0 saturated heterocycles. The summed E-state index contributed by atoms with van der Waals surface area (Å²) in [5.74, 6) is 0.379. The van der Waals surface area contributed by atoms with Gasteiger partial charge in [0.2, 0.25) is 0 Å². The number of benzene rings is 4. The lowest BCUT2D eigenvalue weighted by molar-refractivity contribution is 0.127. The van der Waals surface area contributed by atoms with Crippen LogP contribution in [0.2, 0.25) is 0 Å². The number of nitrogens with two attached hydrogens (primary N) is 1. The Morgan fingerprint density at radius 2 is 1.33 bits per heavy atom. The third kappa shape index (κ3) is 7.03. The first-order valence-electron chi connectivity index (χ1n) is 12.5. The van der Waals surface area contributed by atoms with Crippen LogP contribution in [0, 0.1) is 0 Å². The molecule has 0 aromatic heterocycles. The number of rotatable bonds is 11. The average molecular weight is 479 g/mol. The highest BCUT2D eigenvalue weighted by Gasteiger charge is 2.08. The monoisotopic (exact) mass is 478 g/mol. The highest BCUT2D eigenvalue weighted by Crippen LogP contribution is 2.25. The van der Waals surface area contributed by atoms with Gasteiger partial charge in [0.25, 0.3) is 0 Å². The second kappa shape index (κ2) is 12.7. The van der Waals surface area contributed by atoms with E-state index in [1.807, 2.05) is 36.4 Å². The second-order valence-electron chi connectivity index (χ2n) is 8.81. The molecule has 184 valence electrons. The third-order valence-electron chi connectivity index (χ3n) is 6.32. The Hall–Kier alpha value is -3.96. The predicted octanol–water partition coefficient (Wildman–Crippen LogP) is 7.88. The zero-order valence-electron chi connectivity index (χ0n) is 21.0. The van der Waals surface area contributed by atoms with E-state index in [-0.39, 0.29) is 0 Å². The molecule has 1 unspecified atom stereocenters. The number of nitrogens with zero attached hydrogens (tertiary/aromatic N) is 3. The molecule has 4 aromatic carbocycles. The topological polar surface area (TPSA) is 63.2 Å². The highest BCUT2D eigenvalue weighted by atomic mass is 16.5. The van der Waals surface area contributed by atoms with Crippen molar-refractivity contribution in [3.63, 3.8) is 0 Å². The van der Waals surface area contributed by atoms with Crippen molar-refractivity contribution in [2.24, 2.45) is 10.2 Å². The first-order valence-corrected chi connectivity index (χ1v) is 12.5. The molecule has 0 spiro atoms. The van der Waals surface area contributed by atoms with Gasteiger partial charge in [0.05, 0.1) is 24.6 Å². The van der Waals surface area contributed by atoms with Crippen molar-refractivity contribution >= 4 is 22.7 Å². The van der Waals surface area contributed by atoms with Crippen LogP contribution in [0.1, 0.15) is 36.5 Å². The van der Waals surface area contributed by atoms with Crippen molar-refractivity contribution in [2.45, 2.75) is 26.4 Å². The fourth-order valence-electron chi connectivity index (χ4n) is 4.06. The minimum absolute atomic E-state index is 0.379. The number of likely N-dealkylation sites (N-methyl/N-ethyl adjacent to an activating group) is 1.